The predicted molar refractivity (Wildman–Crippen MR) is 70.7 cm³/mol. The summed E-state index contributed by atoms with van der Waals surface area (Å²) in [6, 6.07) is 2.04. The van der Waals surface area contributed by atoms with E-state index in [0.29, 0.717) is 0 Å². The van der Waals surface area contributed by atoms with Crippen LogP contribution in [0.2, 0.25) is 0 Å². The largest absolute Gasteiger partial charge is 0.383 e. The molecule has 4 heteroatoms. The summed E-state index contributed by atoms with van der Waals surface area (Å²) in [4.78, 5) is 4.60. The number of pyridine rings is 1. The first-order chi connectivity index (χ1) is 7.30. The van der Waals surface area contributed by atoms with Crippen molar-refractivity contribution in [3.63, 3.8) is 0 Å². The van der Waals surface area contributed by atoms with Crippen LogP contribution in [-0.4, -0.2) is 9.38 Å². The second-order valence-corrected chi connectivity index (χ2v) is 5.98. The van der Waals surface area contributed by atoms with Gasteiger partial charge in [0, 0.05) is 16.1 Å². The Balaban J connectivity index is 2.79. The topological polar surface area (TPSA) is 43.3 Å². The van der Waals surface area contributed by atoms with Crippen molar-refractivity contribution in [2.24, 2.45) is 0 Å². The predicted octanol–water partition coefficient (Wildman–Crippen LogP) is 3.28. The van der Waals surface area contributed by atoms with Crippen molar-refractivity contribution in [1.82, 2.24) is 9.38 Å². The third-order valence-corrected chi connectivity index (χ3v) is 3.48. The first-order valence-electron chi connectivity index (χ1n) is 5.25. The molecule has 0 aliphatic rings. The molecule has 16 heavy (non-hydrogen) atoms. The summed E-state index contributed by atoms with van der Waals surface area (Å²) in [5.74, 6) is 0.725. The highest BCUT2D eigenvalue weighted by atomic mass is 79.9. The Bertz CT molecular complexity index is 549. The van der Waals surface area contributed by atoms with Gasteiger partial charge in [0.05, 0.1) is 5.69 Å². The van der Waals surface area contributed by atoms with E-state index in [1.807, 2.05) is 23.6 Å². The Kier molecular flexibility index (Phi) is 2.49. The molecule has 0 unspecified atom stereocenters. The Morgan fingerprint density at radius 1 is 1.38 bits per heavy atom. The zero-order chi connectivity index (χ0) is 12.1. The van der Waals surface area contributed by atoms with Gasteiger partial charge in [0.2, 0.25) is 0 Å². The van der Waals surface area contributed by atoms with E-state index < -0.39 is 0 Å². The number of nitrogens with two attached hydrogens (primary N) is 1. The van der Waals surface area contributed by atoms with Gasteiger partial charge in [0.25, 0.3) is 0 Å². The van der Waals surface area contributed by atoms with Crippen molar-refractivity contribution in [3.05, 3.63) is 28.0 Å². The maximum Gasteiger partial charge on any atom is 0.139 e. The minimum Gasteiger partial charge on any atom is -0.383 e. The summed E-state index contributed by atoms with van der Waals surface area (Å²) < 4.78 is 2.97. The van der Waals surface area contributed by atoms with E-state index in [4.69, 9.17) is 5.73 Å². The van der Waals surface area contributed by atoms with Crippen LogP contribution in [-0.2, 0) is 5.41 Å². The van der Waals surface area contributed by atoms with Crippen molar-refractivity contribution in [1.29, 1.82) is 0 Å². The van der Waals surface area contributed by atoms with Crippen LogP contribution in [0.3, 0.4) is 0 Å². The molecular formula is C12H16BrN3. The quantitative estimate of drug-likeness (QED) is 0.805. The van der Waals surface area contributed by atoms with Gasteiger partial charge in [0.15, 0.2) is 0 Å². The Hall–Kier alpha value is -1.03. The fraction of sp³-hybridized carbons (Fsp3) is 0.417. The van der Waals surface area contributed by atoms with Gasteiger partial charge < -0.3 is 5.73 Å². The normalized spacial score (nSPS) is 12.3. The van der Waals surface area contributed by atoms with Gasteiger partial charge in [0.1, 0.15) is 11.5 Å². The van der Waals surface area contributed by atoms with Crippen molar-refractivity contribution in [2.45, 2.75) is 33.1 Å². The van der Waals surface area contributed by atoms with Gasteiger partial charge in [-0.05, 0) is 34.5 Å². The number of fused-ring (bicyclic) bond motifs is 1. The summed E-state index contributed by atoms with van der Waals surface area (Å²) in [6.45, 7) is 8.40. The summed E-state index contributed by atoms with van der Waals surface area (Å²) in [6.07, 6.45) is 1.97. The zero-order valence-corrected chi connectivity index (χ0v) is 11.6. The molecule has 2 aromatic heterocycles. The molecule has 0 atom stereocenters. The lowest BCUT2D eigenvalue weighted by atomic mass is 9.92. The first kappa shape index (κ1) is 11.5. The molecule has 0 saturated heterocycles. The summed E-state index contributed by atoms with van der Waals surface area (Å²) in [5.41, 5.74) is 9.11. The average molecular weight is 282 g/mol. The smallest absolute Gasteiger partial charge is 0.139 e. The van der Waals surface area contributed by atoms with Gasteiger partial charge >= 0.3 is 0 Å². The molecule has 2 aromatic rings. The second-order valence-electron chi connectivity index (χ2n) is 5.13. The molecule has 0 spiro atoms. The Morgan fingerprint density at radius 2 is 2.00 bits per heavy atom. The molecule has 0 amide bonds. The summed E-state index contributed by atoms with van der Waals surface area (Å²) in [5, 5.41) is 0. The number of nitrogen functional groups attached to an aromatic ring is 1. The van der Waals surface area contributed by atoms with Crippen LogP contribution in [0.15, 0.2) is 16.7 Å². The van der Waals surface area contributed by atoms with E-state index in [-0.39, 0.29) is 5.41 Å². The van der Waals surface area contributed by atoms with E-state index in [0.717, 1.165) is 27.2 Å². The number of rotatable bonds is 0. The Labute approximate surface area is 104 Å². The maximum atomic E-state index is 6.12. The number of imidazole rings is 1. The van der Waals surface area contributed by atoms with E-state index in [1.165, 1.54) is 0 Å². The zero-order valence-electron chi connectivity index (χ0n) is 10.0. The lowest BCUT2D eigenvalue weighted by molar-refractivity contribution is 0.576. The Morgan fingerprint density at radius 3 is 2.56 bits per heavy atom. The SMILES string of the molecule is Cc1cc2nc(C(C)(C)C)c(N)n2cc1Br. The van der Waals surface area contributed by atoms with Gasteiger partial charge in [-0.25, -0.2) is 4.98 Å². The number of hydrogen-bond acceptors (Lipinski definition) is 2. The molecule has 0 radical (unpaired) electrons. The molecule has 0 bridgehead atoms. The molecule has 86 valence electrons. The molecule has 0 saturated carbocycles. The molecule has 2 rings (SSSR count). The number of halogens is 1. The van der Waals surface area contributed by atoms with Crippen LogP contribution in [0, 0.1) is 6.92 Å². The third kappa shape index (κ3) is 1.71. The highest BCUT2D eigenvalue weighted by molar-refractivity contribution is 9.10. The summed E-state index contributed by atoms with van der Waals surface area (Å²) >= 11 is 3.51. The van der Waals surface area contributed by atoms with Crippen molar-refractivity contribution in [2.75, 3.05) is 5.73 Å². The fourth-order valence-corrected chi connectivity index (χ4v) is 2.05. The van der Waals surface area contributed by atoms with Gasteiger partial charge in [-0.1, -0.05) is 20.8 Å². The lowest BCUT2D eigenvalue weighted by Gasteiger charge is -2.15. The number of anilines is 1. The van der Waals surface area contributed by atoms with Gasteiger partial charge in [-0.2, -0.15) is 0 Å². The van der Waals surface area contributed by atoms with Crippen molar-refractivity contribution >= 4 is 27.4 Å². The standard InChI is InChI=1S/C12H16BrN3/c1-7-5-9-15-10(12(2,3)4)11(14)16(9)6-8(7)13/h5-6H,14H2,1-4H3. The van der Waals surface area contributed by atoms with E-state index >= 15 is 0 Å². The van der Waals surface area contributed by atoms with Crippen LogP contribution in [0.25, 0.3) is 5.65 Å². The molecule has 0 fully saturated rings. The van der Waals surface area contributed by atoms with Gasteiger partial charge in [-0.15, -0.1) is 0 Å². The lowest BCUT2D eigenvalue weighted by Crippen LogP contribution is -2.14. The molecule has 0 aliphatic carbocycles. The van der Waals surface area contributed by atoms with Crippen LogP contribution < -0.4 is 5.73 Å². The average Bonchev–Trinajstić information content (AvgIpc) is 2.45. The number of nitrogens with zero attached hydrogens (tertiary/aromatic N) is 2. The molecule has 2 heterocycles. The highest BCUT2D eigenvalue weighted by Gasteiger charge is 2.22. The molecule has 3 nitrogen and oxygen atoms in total. The molecule has 2 N–H and O–H groups in total. The number of hydrogen-bond donors (Lipinski definition) is 1. The molecule has 0 aromatic carbocycles. The van der Waals surface area contributed by atoms with Crippen LogP contribution >= 0.6 is 15.9 Å². The third-order valence-electron chi connectivity index (χ3n) is 2.65. The van der Waals surface area contributed by atoms with E-state index in [1.54, 1.807) is 0 Å². The monoisotopic (exact) mass is 281 g/mol. The number of aromatic nitrogens is 2. The highest BCUT2D eigenvalue weighted by Crippen LogP contribution is 2.29. The van der Waals surface area contributed by atoms with E-state index in [2.05, 4.69) is 41.7 Å². The first-order valence-corrected chi connectivity index (χ1v) is 6.04. The minimum absolute atomic E-state index is 0.0313. The molecular weight excluding hydrogens is 266 g/mol. The van der Waals surface area contributed by atoms with Crippen LogP contribution in [0.4, 0.5) is 5.82 Å². The fourth-order valence-electron chi connectivity index (χ4n) is 1.73. The second kappa shape index (κ2) is 3.48. The van der Waals surface area contributed by atoms with Crippen molar-refractivity contribution in [3.8, 4) is 0 Å². The van der Waals surface area contributed by atoms with Crippen LogP contribution in [0.1, 0.15) is 32.0 Å². The number of aryl methyl sites for hydroxylation is 1. The van der Waals surface area contributed by atoms with Gasteiger partial charge in [-0.3, -0.25) is 4.40 Å². The van der Waals surface area contributed by atoms with Crippen LogP contribution in [0.5, 0.6) is 0 Å². The van der Waals surface area contributed by atoms with E-state index in [9.17, 15) is 0 Å². The maximum absolute atomic E-state index is 6.12. The molecule has 0 aliphatic heterocycles. The van der Waals surface area contributed by atoms with Crippen molar-refractivity contribution < 1.29 is 0 Å². The minimum atomic E-state index is -0.0313. The summed E-state index contributed by atoms with van der Waals surface area (Å²) in [7, 11) is 0.